The van der Waals surface area contributed by atoms with Crippen molar-refractivity contribution >= 4 is 29.0 Å². The van der Waals surface area contributed by atoms with Crippen molar-refractivity contribution in [3.8, 4) is 0 Å². The molecule has 0 radical (unpaired) electrons. The summed E-state index contributed by atoms with van der Waals surface area (Å²) in [6.45, 7) is 2.70. The van der Waals surface area contributed by atoms with Crippen molar-refractivity contribution in [2.24, 2.45) is 22.6 Å². The normalized spacial score (nSPS) is 48.8. The molecule has 0 amide bonds. The van der Waals surface area contributed by atoms with Crippen LogP contribution in [-0.2, 0) is 4.74 Å². The van der Waals surface area contributed by atoms with Crippen molar-refractivity contribution in [3.63, 3.8) is 0 Å². The first-order chi connectivity index (χ1) is 10.5. The summed E-state index contributed by atoms with van der Waals surface area (Å²) in [6, 6.07) is 0.105. The lowest BCUT2D eigenvalue weighted by Gasteiger charge is -2.46. The van der Waals surface area contributed by atoms with Gasteiger partial charge in [-0.3, -0.25) is 4.99 Å². The molecule has 6 heteroatoms. The Bertz CT molecular complexity index is 448. The molecule has 4 nitrogen and oxygen atoms in total. The third-order valence-electron chi connectivity index (χ3n) is 5.72. The lowest BCUT2D eigenvalue weighted by molar-refractivity contribution is -0.0511. The number of fused-ring (bicyclic) bond motifs is 1. The molecular weight excluding hydrogens is 323 g/mol. The Morgan fingerprint density at radius 2 is 2.00 bits per heavy atom. The fourth-order valence-corrected chi connectivity index (χ4v) is 5.46. The van der Waals surface area contributed by atoms with Crippen LogP contribution in [0.1, 0.15) is 45.4 Å². The Balaban J connectivity index is 1.78. The Hall–Kier alpha value is -0.0300. The van der Waals surface area contributed by atoms with E-state index in [1.807, 2.05) is 6.92 Å². The number of aliphatic imine (C=N–C) groups is 1. The molecule has 3 N–H and O–H groups in total. The van der Waals surface area contributed by atoms with Crippen molar-refractivity contribution < 1.29 is 9.84 Å². The van der Waals surface area contributed by atoms with Crippen LogP contribution in [0.15, 0.2) is 4.99 Å². The second-order valence-electron chi connectivity index (χ2n) is 6.94. The topological polar surface area (TPSA) is 67.8 Å². The molecule has 2 aliphatic carbocycles. The van der Waals surface area contributed by atoms with Crippen LogP contribution in [0.3, 0.4) is 0 Å². The first kappa shape index (κ1) is 16.8. The van der Waals surface area contributed by atoms with Gasteiger partial charge in [-0.15, -0.1) is 23.2 Å². The highest BCUT2D eigenvalue weighted by Gasteiger charge is 2.58. The van der Waals surface area contributed by atoms with E-state index in [4.69, 9.17) is 33.7 Å². The van der Waals surface area contributed by atoms with Crippen LogP contribution < -0.4 is 5.73 Å². The molecule has 0 spiro atoms. The number of rotatable bonds is 3. The van der Waals surface area contributed by atoms with Gasteiger partial charge >= 0.3 is 0 Å². The first-order valence-electron chi connectivity index (χ1n) is 8.42. The number of alkyl halides is 2. The van der Waals surface area contributed by atoms with Gasteiger partial charge in [0.05, 0.1) is 12.1 Å². The standard InChI is InChI=1S/C16H26Cl2N2O2/c1-2-22-10-4-5-11(13(18)8-10)16(21)12-7-9(17)3-6-14(12)20-15(16)19/h9-14,21H,2-8H2,1H3,(H2,19,20). The van der Waals surface area contributed by atoms with Crippen LogP contribution in [0.2, 0.25) is 0 Å². The average molecular weight is 349 g/mol. The Kier molecular flexibility index (Phi) is 4.94. The smallest absolute Gasteiger partial charge is 0.130 e. The molecule has 7 unspecified atom stereocenters. The summed E-state index contributed by atoms with van der Waals surface area (Å²) >= 11 is 13.0. The van der Waals surface area contributed by atoms with E-state index in [0.29, 0.717) is 12.4 Å². The van der Waals surface area contributed by atoms with Gasteiger partial charge in [0, 0.05) is 29.2 Å². The zero-order valence-electron chi connectivity index (χ0n) is 13.0. The minimum absolute atomic E-state index is 0.0126. The van der Waals surface area contributed by atoms with Gasteiger partial charge in [-0.2, -0.15) is 0 Å². The van der Waals surface area contributed by atoms with Crippen LogP contribution in [-0.4, -0.2) is 46.1 Å². The number of ether oxygens (including phenoxy) is 1. The SMILES string of the molecule is CCOC1CCC(C2(O)C(N)=NC3CCC(Cl)CC32)C(Cl)C1. The molecule has 0 aromatic carbocycles. The van der Waals surface area contributed by atoms with Crippen LogP contribution >= 0.6 is 23.2 Å². The zero-order valence-corrected chi connectivity index (χ0v) is 14.6. The first-order valence-corrected chi connectivity index (χ1v) is 9.29. The molecule has 7 atom stereocenters. The minimum atomic E-state index is -1.10. The number of nitrogens with two attached hydrogens (primary N) is 1. The maximum absolute atomic E-state index is 11.4. The quantitative estimate of drug-likeness (QED) is 0.770. The van der Waals surface area contributed by atoms with Gasteiger partial charge in [0.2, 0.25) is 0 Å². The number of nitrogens with zero attached hydrogens (tertiary/aromatic N) is 1. The Morgan fingerprint density at radius 3 is 2.68 bits per heavy atom. The van der Waals surface area contributed by atoms with Gasteiger partial charge in [-0.25, -0.2) is 0 Å². The number of amidine groups is 1. The van der Waals surface area contributed by atoms with E-state index in [1.54, 1.807) is 0 Å². The summed E-state index contributed by atoms with van der Waals surface area (Å²) in [4.78, 5) is 4.56. The maximum atomic E-state index is 11.4. The molecule has 0 saturated heterocycles. The number of hydrogen-bond donors (Lipinski definition) is 2. The van der Waals surface area contributed by atoms with E-state index in [-0.39, 0.29) is 34.7 Å². The Labute approximate surface area is 142 Å². The van der Waals surface area contributed by atoms with Crippen molar-refractivity contribution in [1.29, 1.82) is 0 Å². The molecule has 0 aromatic heterocycles. The molecule has 2 saturated carbocycles. The summed E-state index contributed by atoms with van der Waals surface area (Å²) in [6.07, 6.45) is 5.30. The maximum Gasteiger partial charge on any atom is 0.130 e. The van der Waals surface area contributed by atoms with E-state index >= 15 is 0 Å². The highest BCUT2D eigenvalue weighted by Crippen LogP contribution is 2.49. The van der Waals surface area contributed by atoms with Gasteiger partial charge in [0.25, 0.3) is 0 Å². The fraction of sp³-hybridized carbons (Fsp3) is 0.938. The third kappa shape index (κ3) is 2.77. The predicted molar refractivity (Wildman–Crippen MR) is 89.7 cm³/mol. The van der Waals surface area contributed by atoms with Crippen molar-refractivity contribution in [2.75, 3.05) is 6.61 Å². The molecule has 2 fully saturated rings. The van der Waals surface area contributed by atoms with Gasteiger partial charge in [-0.05, 0) is 45.4 Å². The van der Waals surface area contributed by atoms with E-state index in [9.17, 15) is 5.11 Å². The van der Waals surface area contributed by atoms with Crippen molar-refractivity contribution in [3.05, 3.63) is 0 Å². The van der Waals surface area contributed by atoms with Crippen LogP contribution in [0.25, 0.3) is 0 Å². The van der Waals surface area contributed by atoms with Crippen molar-refractivity contribution in [1.82, 2.24) is 0 Å². The fourth-order valence-electron chi connectivity index (χ4n) is 4.63. The zero-order chi connectivity index (χ0) is 15.9. The molecule has 126 valence electrons. The average Bonchev–Trinajstić information content (AvgIpc) is 2.72. The van der Waals surface area contributed by atoms with Crippen LogP contribution in [0.5, 0.6) is 0 Å². The summed E-state index contributed by atoms with van der Waals surface area (Å²) in [5.41, 5.74) is 5.08. The number of halogens is 2. The molecule has 22 heavy (non-hydrogen) atoms. The minimum Gasteiger partial charge on any atom is -0.385 e. The summed E-state index contributed by atoms with van der Waals surface area (Å²) in [5.74, 6) is 0.323. The second-order valence-corrected chi connectivity index (χ2v) is 8.11. The Morgan fingerprint density at radius 1 is 1.23 bits per heavy atom. The molecule has 3 aliphatic rings. The molecule has 1 heterocycles. The summed E-state index contributed by atoms with van der Waals surface area (Å²) in [5, 5.41) is 11.4. The highest BCUT2D eigenvalue weighted by atomic mass is 35.5. The number of aliphatic hydroxyl groups is 1. The van der Waals surface area contributed by atoms with Gasteiger partial charge in [-0.1, -0.05) is 0 Å². The molecule has 0 aromatic rings. The van der Waals surface area contributed by atoms with Crippen molar-refractivity contribution in [2.45, 2.75) is 73.9 Å². The van der Waals surface area contributed by atoms with E-state index in [2.05, 4.69) is 4.99 Å². The van der Waals surface area contributed by atoms with Gasteiger partial charge < -0.3 is 15.6 Å². The van der Waals surface area contributed by atoms with E-state index in [0.717, 1.165) is 38.5 Å². The third-order valence-corrected chi connectivity index (χ3v) is 6.60. The van der Waals surface area contributed by atoms with E-state index in [1.165, 1.54) is 0 Å². The van der Waals surface area contributed by atoms with Crippen LogP contribution in [0, 0.1) is 11.8 Å². The lowest BCUT2D eigenvalue weighted by Crippen LogP contribution is -2.58. The van der Waals surface area contributed by atoms with Gasteiger partial charge in [0.1, 0.15) is 11.4 Å². The highest BCUT2D eigenvalue weighted by molar-refractivity contribution is 6.21. The largest absolute Gasteiger partial charge is 0.385 e. The van der Waals surface area contributed by atoms with Gasteiger partial charge in [0.15, 0.2) is 0 Å². The molecule has 3 rings (SSSR count). The number of hydrogen-bond acceptors (Lipinski definition) is 4. The lowest BCUT2D eigenvalue weighted by atomic mass is 9.65. The van der Waals surface area contributed by atoms with E-state index < -0.39 is 5.60 Å². The molecular formula is C16H26Cl2N2O2. The summed E-state index contributed by atoms with van der Waals surface area (Å²) in [7, 11) is 0. The second kappa shape index (κ2) is 6.46. The monoisotopic (exact) mass is 348 g/mol. The molecule has 1 aliphatic heterocycles. The predicted octanol–water partition coefficient (Wildman–Crippen LogP) is 2.68. The molecule has 0 bridgehead atoms. The summed E-state index contributed by atoms with van der Waals surface area (Å²) < 4.78 is 5.70. The van der Waals surface area contributed by atoms with Crippen LogP contribution in [0.4, 0.5) is 0 Å².